The molecule has 1 atom stereocenters. The third-order valence-corrected chi connectivity index (χ3v) is 3.39. The quantitative estimate of drug-likeness (QED) is 0.904. The first-order valence-corrected chi connectivity index (χ1v) is 7.12. The molecule has 0 spiro atoms. The Kier molecular flexibility index (Phi) is 4.61. The van der Waals surface area contributed by atoms with Gasteiger partial charge < -0.3 is 10.5 Å². The summed E-state index contributed by atoms with van der Waals surface area (Å²) in [6.45, 7) is 4.06. The van der Waals surface area contributed by atoms with Gasteiger partial charge in [-0.05, 0) is 71.6 Å². The third-order valence-electron chi connectivity index (χ3n) is 2.77. The Morgan fingerprint density at radius 2 is 2.00 bits per heavy atom. The molecule has 2 rings (SSSR count). The van der Waals surface area contributed by atoms with Gasteiger partial charge in [0.1, 0.15) is 11.5 Å². The van der Waals surface area contributed by atoms with Gasteiger partial charge >= 0.3 is 0 Å². The molecule has 0 aliphatic carbocycles. The average molecular weight is 320 g/mol. The monoisotopic (exact) mass is 319 g/mol. The zero-order valence-corrected chi connectivity index (χ0v) is 12.8. The molecular formula is C16H18BrNO. The number of hydrogen-bond donors (Lipinski definition) is 1. The highest BCUT2D eigenvalue weighted by molar-refractivity contribution is 9.10. The second-order valence-corrected chi connectivity index (χ2v) is 5.72. The number of aryl methyl sites for hydroxylation is 1. The molecular weight excluding hydrogens is 302 g/mol. The molecule has 2 aromatic carbocycles. The summed E-state index contributed by atoms with van der Waals surface area (Å²) < 4.78 is 6.86. The first-order chi connectivity index (χ1) is 9.04. The van der Waals surface area contributed by atoms with Gasteiger partial charge in [0.25, 0.3) is 0 Å². The highest BCUT2D eigenvalue weighted by Gasteiger charge is 2.04. The molecule has 0 aliphatic heterocycles. The van der Waals surface area contributed by atoms with Crippen LogP contribution in [0.15, 0.2) is 46.9 Å². The Bertz CT molecular complexity index is 566. The van der Waals surface area contributed by atoms with Crippen LogP contribution >= 0.6 is 15.9 Å². The van der Waals surface area contributed by atoms with Crippen LogP contribution in [0, 0.1) is 6.92 Å². The van der Waals surface area contributed by atoms with Gasteiger partial charge in [0.15, 0.2) is 0 Å². The number of rotatable bonds is 4. The molecule has 0 aromatic heterocycles. The van der Waals surface area contributed by atoms with Gasteiger partial charge in [0, 0.05) is 6.04 Å². The van der Waals surface area contributed by atoms with E-state index in [1.165, 1.54) is 11.1 Å². The van der Waals surface area contributed by atoms with Gasteiger partial charge in [0.05, 0.1) is 4.47 Å². The van der Waals surface area contributed by atoms with Gasteiger partial charge in [-0.15, -0.1) is 0 Å². The molecule has 0 radical (unpaired) electrons. The minimum Gasteiger partial charge on any atom is -0.456 e. The van der Waals surface area contributed by atoms with E-state index in [9.17, 15) is 0 Å². The first kappa shape index (κ1) is 14.1. The standard InChI is InChI=1S/C16H18BrNO/c1-11-6-7-16(15(17)8-11)19-14-5-3-4-13(10-14)9-12(2)18/h3-8,10,12H,9,18H2,1-2H3. The largest absolute Gasteiger partial charge is 0.456 e. The van der Waals surface area contributed by atoms with Crippen molar-refractivity contribution in [2.45, 2.75) is 26.3 Å². The average Bonchev–Trinajstić information content (AvgIpc) is 2.32. The predicted octanol–water partition coefficient (Wildman–Crippen LogP) is 4.44. The highest BCUT2D eigenvalue weighted by atomic mass is 79.9. The van der Waals surface area contributed by atoms with E-state index in [2.05, 4.69) is 28.9 Å². The number of ether oxygens (including phenoxy) is 1. The molecule has 0 saturated heterocycles. The van der Waals surface area contributed by atoms with Crippen molar-refractivity contribution in [3.05, 3.63) is 58.1 Å². The molecule has 0 saturated carbocycles. The molecule has 1 unspecified atom stereocenters. The maximum absolute atomic E-state index is 5.90. The molecule has 0 heterocycles. The minimum absolute atomic E-state index is 0.154. The van der Waals surface area contributed by atoms with Crippen molar-refractivity contribution in [1.82, 2.24) is 0 Å². The van der Waals surface area contributed by atoms with Gasteiger partial charge in [-0.2, -0.15) is 0 Å². The van der Waals surface area contributed by atoms with Crippen LogP contribution in [0.1, 0.15) is 18.1 Å². The summed E-state index contributed by atoms with van der Waals surface area (Å²) in [6.07, 6.45) is 0.853. The maximum atomic E-state index is 5.90. The van der Waals surface area contributed by atoms with Crippen LogP contribution in [0.25, 0.3) is 0 Å². The summed E-state index contributed by atoms with van der Waals surface area (Å²) in [5.41, 5.74) is 8.21. The molecule has 100 valence electrons. The van der Waals surface area contributed by atoms with Crippen LogP contribution in [0.5, 0.6) is 11.5 Å². The summed E-state index contributed by atoms with van der Waals surface area (Å²) in [6, 6.07) is 14.3. The Balaban J connectivity index is 2.18. The molecule has 0 fully saturated rings. The highest BCUT2D eigenvalue weighted by Crippen LogP contribution is 2.30. The van der Waals surface area contributed by atoms with E-state index in [4.69, 9.17) is 10.5 Å². The smallest absolute Gasteiger partial charge is 0.141 e. The SMILES string of the molecule is Cc1ccc(Oc2cccc(CC(C)N)c2)c(Br)c1. The molecule has 2 nitrogen and oxygen atoms in total. The second-order valence-electron chi connectivity index (χ2n) is 4.86. The fraction of sp³-hybridized carbons (Fsp3) is 0.250. The van der Waals surface area contributed by atoms with Crippen LogP contribution in [0.2, 0.25) is 0 Å². The van der Waals surface area contributed by atoms with Gasteiger partial charge in [-0.3, -0.25) is 0 Å². The molecule has 19 heavy (non-hydrogen) atoms. The Morgan fingerprint density at radius 1 is 1.21 bits per heavy atom. The Labute approximate surface area is 122 Å². The number of halogens is 1. The van der Waals surface area contributed by atoms with E-state index >= 15 is 0 Å². The van der Waals surface area contributed by atoms with Crippen molar-refractivity contribution in [2.24, 2.45) is 5.73 Å². The van der Waals surface area contributed by atoms with Gasteiger partial charge in [-0.25, -0.2) is 0 Å². The topological polar surface area (TPSA) is 35.2 Å². The Hall–Kier alpha value is -1.32. The summed E-state index contributed by atoms with van der Waals surface area (Å²) in [5.74, 6) is 1.66. The van der Waals surface area contributed by atoms with Crippen molar-refractivity contribution in [2.75, 3.05) is 0 Å². The molecule has 0 aliphatic rings. The van der Waals surface area contributed by atoms with Crippen LogP contribution < -0.4 is 10.5 Å². The maximum Gasteiger partial charge on any atom is 0.141 e. The van der Waals surface area contributed by atoms with E-state index in [1.807, 2.05) is 43.3 Å². The number of hydrogen-bond acceptors (Lipinski definition) is 2. The number of nitrogens with two attached hydrogens (primary N) is 1. The van der Waals surface area contributed by atoms with Crippen LogP contribution in [0.4, 0.5) is 0 Å². The van der Waals surface area contributed by atoms with Crippen molar-refractivity contribution in [3.63, 3.8) is 0 Å². The normalized spacial score (nSPS) is 12.2. The molecule has 3 heteroatoms. The lowest BCUT2D eigenvalue weighted by atomic mass is 10.1. The van der Waals surface area contributed by atoms with Crippen LogP contribution in [-0.2, 0) is 6.42 Å². The van der Waals surface area contributed by atoms with E-state index in [0.29, 0.717) is 0 Å². The summed E-state index contributed by atoms with van der Waals surface area (Å²) in [5, 5.41) is 0. The van der Waals surface area contributed by atoms with Crippen LogP contribution in [0.3, 0.4) is 0 Å². The fourth-order valence-electron chi connectivity index (χ4n) is 1.92. The zero-order chi connectivity index (χ0) is 13.8. The zero-order valence-electron chi connectivity index (χ0n) is 11.2. The van der Waals surface area contributed by atoms with E-state index in [1.54, 1.807) is 0 Å². The van der Waals surface area contributed by atoms with Crippen molar-refractivity contribution >= 4 is 15.9 Å². The second kappa shape index (κ2) is 6.22. The van der Waals surface area contributed by atoms with Crippen LogP contribution in [-0.4, -0.2) is 6.04 Å². The van der Waals surface area contributed by atoms with E-state index < -0.39 is 0 Å². The van der Waals surface area contributed by atoms with Gasteiger partial charge in [-0.1, -0.05) is 18.2 Å². The summed E-state index contributed by atoms with van der Waals surface area (Å²) in [4.78, 5) is 0. The summed E-state index contributed by atoms with van der Waals surface area (Å²) in [7, 11) is 0. The lowest BCUT2D eigenvalue weighted by Gasteiger charge is -2.10. The van der Waals surface area contributed by atoms with Crippen molar-refractivity contribution in [3.8, 4) is 11.5 Å². The Morgan fingerprint density at radius 3 is 2.68 bits per heavy atom. The molecule has 0 amide bonds. The molecule has 2 N–H and O–H groups in total. The number of benzene rings is 2. The predicted molar refractivity (Wildman–Crippen MR) is 82.7 cm³/mol. The molecule has 2 aromatic rings. The molecule has 0 bridgehead atoms. The summed E-state index contributed by atoms with van der Waals surface area (Å²) >= 11 is 3.52. The minimum atomic E-state index is 0.154. The first-order valence-electron chi connectivity index (χ1n) is 6.33. The van der Waals surface area contributed by atoms with Crippen molar-refractivity contribution in [1.29, 1.82) is 0 Å². The van der Waals surface area contributed by atoms with E-state index in [0.717, 1.165) is 22.4 Å². The lowest BCUT2D eigenvalue weighted by molar-refractivity contribution is 0.478. The van der Waals surface area contributed by atoms with Gasteiger partial charge in [0.2, 0.25) is 0 Å². The third kappa shape index (κ3) is 4.08. The lowest BCUT2D eigenvalue weighted by Crippen LogP contribution is -2.17. The van der Waals surface area contributed by atoms with E-state index in [-0.39, 0.29) is 6.04 Å². The van der Waals surface area contributed by atoms with Crippen molar-refractivity contribution < 1.29 is 4.74 Å². The fourth-order valence-corrected chi connectivity index (χ4v) is 2.50.